The number of hydrogen-bond acceptors (Lipinski definition) is 6. The van der Waals surface area contributed by atoms with Crippen LogP contribution in [0.4, 0.5) is 19.1 Å². The van der Waals surface area contributed by atoms with Crippen molar-refractivity contribution in [3.05, 3.63) is 36.4 Å². The molecule has 152 valence electrons. The van der Waals surface area contributed by atoms with Crippen LogP contribution in [-0.4, -0.2) is 69.8 Å². The molecule has 1 N–H and O–H groups in total. The van der Waals surface area contributed by atoms with E-state index in [-0.39, 0.29) is 12.5 Å². The number of alkyl halides is 3. The summed E-state index contributed by atoms with van der Waals surface area (Å²) in [4.78, 5) is 24.8. The highest BCUT2D eigenvalue weighted by atomic mass is 19.4. The van der Waals surface area contributed by atoms with Crippen molar-refractivity contribution in [3.8, 4) is 0 Å². The predicted octanol–water partition coefficient (Wildman–Crippen LogP) is 1.02. The molecule has 3 heterocycles. The van der Waals surface area contributed by atoms with Crippen molar-refractivity contribution in [1.82, 2.24) is 30.0 Å². The molecule has 3 rings (SSSR count). The Hall–Kier alpha value is -2.69. The second-order valence-electron chi connectivity index (χ2n) is 6.48. The van der Waals surface area contributed by atoms with Gasteiger partial charge in [0.25, 0.3) is 0 Å². The molecule has 1 fully saturated rings. The number of carbonyl (C=O) groups excluding carboxylic acids is 1. The smallest absolute Gasteiger partial charge is 0.354 e. The molecular weight excluding hydrogens is 375 g/mol. The molecule has 0 bridgehead atoms. The number of hydrogen-bond donors (Lipinski definition) is 1. The number of nitrogens with one attached hydrogen (secondary N) is 1. The quantitative estimate of drug-likeness (QED) is 0.703. The fourth-order valence-electron chi connectivity index (χ4n) is 2.96. The molecule has 0 saturated carbocycles. The maximum Gasteiger partial charge on any atom is 0.435 e. The van der Waals surface area contributed by atoms with E-state index in [4.69, 9.17) is 0 Å². The number of amides is 1. The lowest BCUT2D eigenvalue weighted by atomic mass is 10.3. The minimum atomic E-state index is -4.50. The van der Waals surface area contributed by atoms with Crippen LogP contribution in [0.5, 0.6) is 0 Å². The first-order valence-electron chi connectivity index (χ1n) is 9.03. The highest BCUT2D eigenvalue weighted by molar-refractivity contribution is 5.75. The summed E-state index contributed by atoms with van der Waals surface area (Å²) in [7, 11) is 0. The van der Waals surface area contributed by atoms with Crippen LogP contribution in [-0.2, 0) is 17.5 Å². The highest BCUT2D eigenvalue weighted by Crippen LogP contribution is 2.27. The summed E-state index contributed by atoms with van der Waals surface area (Å²) in [5, 5.41) is 6.08. The fourth-order valence-corrected chi connectivity index (χ4v) is 2.96. The molecule has 0 atom stereocenters. The monoisotopic (exact) mass is 397 g/mol. The lowest BCUT2D eigenvalue weighted by Gasteiger charge is -2.34. The summed E-state index contributed by atoms with van der Waals surface area (Å²) in [5.41, 5.74) is -1.000. The first kappa shape index (κ1) is 20.1. The van der Waals surface area contributed by atoms with Gasteiger partial charge in [-0.05, 0) is 25.1 Å². The van der Waals surface area contributed by atoms with Crippen LogP contribution in [0.15, 0.2) is 30.7 Å². The topological polar surface area (TPSA) is 79.2 Å². The third kappa shape index (κ3) is 5.65. The molecule has 1 amide bonds. The van der Waals surface area contributed by atoms with E-state index in [1.165, 1.54) is 0 Å². The molecule has 2 aromatic rings. The van der Waals surface area contributed by atoms with Gasteiger partial charge in [-0.3, -0.25) is 14.4 Å². The van der Waals surface area contributed by atoms with Gasteiger partial charge in [-0.2, -0.15) is 18.3 Å². The predicted molar refractivity (Wildman–Crippen MR) is 95.5 cm³/mol. The van der Waals surface area contributed by atoms with Crippen LogP contribution in [0.1, 0.15) is 12.1 Å². The lowest BCUT2D eigenvalue weighted by molar-refractivity contribution is -0.141. The van der Waals surface area contributed by atoms with Crippen molar-refractivity contribution in [3.63, 3.8) is 0 Å². The number of carbonyl (C=O) groups is 1. The molecule has 2 aromatic heterocycles. The van der Waals surface area contributed by atoms with E-state index < -0.39 is 11.9 Å². The third-order valence-corrected chi connectivity index (χ3v) is 4.42. The Kier molecular flexibility index (Phi) is 6.45. The molecule has 0 spiro atoms. The summed E-state index contributed by atoms with van der Waals surface area (Å²) in [6.07, 6.45) is 0.867. The normalized spacial score (nSPS) is 15.6. The van der Waals surface area contributed by atoms with E-state index in [0.717, 1.165) is 62.0 Å². The van der Waals surface area contributed by atoms with Gasteiger partial charge in [0.15, 0.2) is 5.69 Å². The minimum Gasteiger partial charge on any atom is -0.354 e. The van der Waals surface area contributed by atoms with Crippen molar-refractivity contribution in [1.29, 1.82) is 0 Å². The zero-order valence-corrected chi connectivity index (χ0v) is 15.3. The molecule has 1 saturated heterocycles. The molecule has 0 radical (unpaired) electrons. The number of piperazine rings is 1. The first-order valence-corrected chi connectivity index (χ1v) is 9.03. The summed E-state index contributed by atoms with van der Waals surface area (Å²) < 4.78 is 38.5. The standard InChI is InChI=1S/C17H22F3N7O/c18-17(19,20)14-3-8-27(24-14)13-15(28)21-6-2-7-25-9-11-26(12-10-25)16-22-4-1-5-23-16/h1,3-5,8H,2,6-7,9-13H2,(H,21,28). The molecule has 28 heavy (non-hydrogen) atoms. The van der Waals surface area contributed by atoms with Crippen molar-refractivity contribution in [2.75, 3.05) is 44.2 Å². The average Bonchev–Trinajstić information content (AvgIpc) is 3.15. The summed E-state index contributed by atoms with van der Waals surface area (Å²) in [6, 6.07) is 2.64. The summed E-state index contributed by atoms with van der Waals surface area (Å²) in [5.74, 6) is 0.379. The van der Waals surface area contributed by atoms with Crippen molar-refractivity contribution in [2.45, 2.75) is 19.1 Å². The minimum absolute atomic E-state index is 0.230. The zero-order chi connectivity index (χ0) is 20.0. The van der Waals surface area contributed by atoms with Gasteiger partial charge < -0.3 is 10.2 Å². The summed E-state index contributed by atoms with van der Waals surface area (Å²) in [6.45, 7) is 4.54. The number of halogens is 3. The number of anilines is 1. The van der Waals surface area contributed by atoms with Gasteiger partial charge in [0, 0.05) is 51.3 Å². The highest BCUT2D eigenvalue weighted by Gasteiger charge is 2.33. The number of nitrogens with zero attached hydrogens (tertiary/aromatic N) is 6. The van der Waals surface area contributed by atoms with Gasteiger partial charge in [-0.1, -0.05) is 0 Å². The van der Waals surface area contributed by atoms with Crippen molar-refractivity contribution in [2.24, 2.45) is 0 Å². The Bertz CT molecular complexity index is 758. The van der Waals surface area contributed by atoms with E-state index in [2.05, 4.69) is 30.2 Å². The molecule has 1 aliphatic heterocycles. The van der Waals surface area contributed by atoms with Crippen molar-refractivity contribution < 1.29 is 18.0 Å². The molecule has 8 nitrogen and oxygen atoms in total. The zero-order valence-electron chi connectivity index (χ0n) is 15.3. The van der Waals surface area contributed by atoms with E-state index >= 15 is 0 Å². The molecule has 0 aliphatic carbocycles. The van der Waals surface area contributed by atoms with Gasteiger partial charge in [0.2, 0.25) is 11.9 Å². The van der Waals surface area contributed by atoms with Gasteiger partial charge in [-0.15, -0.1) is 0 Å². The lowest BCUT2D eigenvalue weighted by Crippen LogP contribution is -2.47. The molecule has 11 heteroatoms. The molecule has 0 aromatic carbocycles. The van der Waals surface area contributed by atoms with Crippen LogP contribution in [0.2, 0.25) is 0 Å². The van der Waals surface area contributed by atoms with Crippen LogP contribution in [0.25, 0.3) is 0 Å². The van der Waals surface area contributed by atoms with Gasteiger partial charge in [0.05, 0.1) is 0 Å². The second-order valence-corrected chi connectivity index (χ2v) is 6.48. The Morgan fingerprint density at radius 3 is 2.50 bits per heavy atom. The van der Waals surface area contributed by atoms with E-state index in [0.29, 0.717) is 6.54 Å². The molecular formula is C17H22F3N7O. The van der Waals surface area contributed by atoms with Gasteiger partial charge in [-0.25, -0.2) is 9.97 Å². The second kappa shape index (κ2) is 9.00. The van der Waals surface area contributed by atoms with Gasteiger partial charge in [0.1, 0.15) is 6.54 Å². The maximum absolute atomic E-state index is 12.5. The van der Waals surface area contributed by atoms with E-state index in [9.17, 15) is 18.0 Å². The SMILES string of the molecule is O=C(Cn1ccc(C(F)(F)F)n1)NCCCN1CCN(c2ncccn2)CC1. The maximum atomic E-state index is 12.5. The third-order valence-electron chi connectivity index (χ3n) is 4.42. The fraction of sp³-hybridized carbons (Fsp3) is 0.529. The van der Waals surface area contributed by atoms with Crippen LogP contribution in [0, 0.1) is 0 Å². The number of aromatic nitrogens is 4. The molecule has 0 unspecified atom stereocenters. The van der Waals surface area contributed by atoms with Gasteiger partial charge >= 0.3 is 6.18 Å². The van der Waals surface area contributed by atoms with E-state index in [1.54, 1.807) is 18.5 Å². The largest absolute Gasteiger partial charge is 0.435 e. The van der Waals surface area contributed by atoms with Crippen molar-refractivity contribution >= 4 is 11.9 Å². The van der Waals surface area contributed by atoms with Crippen LogP contribution < -0.4 is 10.2 Å². The summed E-state index contributed by atoms with van der Waals surface area (Å²) >= 11 is 0. The van der Waals surface area contributed by atoms with Crippen LogP contribution >= 0.6 is 0 Å². The van der Waals surface area contributed by atoms with Crippen LogP contribution in [0.3, 0.4) is 0 Å². The Labute approximate surface area is 160 Å². The Balaban J connectivity index is 1.31. The number of rotatable bonds is 7. The molecule has 1 aliphatic rings. The van der Waals surface area contributed by atoms with E-state index in [1.807, 2.05) is 0 Å². The Morgan fingerprint density at radius 2 is 1.86 bits per heavy atom. The first-order chi connectivity index (χ1) is 13.4. The Morgan fingerprint density at radius 1 is 1.14 bits per heavy atom. The average molecular weight is 397 g/mol.